The average Bonchev–Trinajstić information content (AvgIpc) is 2.79. The second-order valence-corrected chi connectivity index (χ2v) is 7.88. The summed E-state index contributed by atoms with van der Waals surface area (Å²) in [6.45, 7) is -0.666. The number of hydrogen-bond donors (Lipinski definition) is 8. The summed E-state index contributed by atoms with van der Waals surface area (Å²) in [4.78, 5) is 0. The van der Waals surface area contributed by atoms with E-state index in [1.165, 1.54) is 31.4 Å². The molecule has 34 heavy (non-hydrogen) atoms. The third kappa shape index (κ3) is 4.13. The summed E-state index contributed by atoms with van der Waals surface area (Å²) in [6.07, 6.45) is -7.52. The molecule has 0 radical (unpaired) electrons. The summed E-state index contributed by atoms with van der Waals surface area (Å²) in [6, 6.07) is 4.88. The second kappa shape index (κ2) is 9.08. The van der Waals surface area contributed by atoms with Crippen LogP contribution in [0, 0.1) is 0 Å². The van der Waals surface area contributed by atoms with Gasteiger partial charge in [0.1, 0.15) is 41.5 Å². The van der Waals surface area contributed by atoms with Gasteiger partial charge in [0, 0.05) is 12.1 Å². The molecule has 2 heterocycles. The highest BCUT2D eigenvalue weighted by Crippen LogP contribution is 2.47. The topological polar surface area (TPSA) is 202 Å². The Bertz CT molecular complexity index is 1070. The van der Waals surface area contributed by atoms with Gasteiger partial charge in [0.25, 0.3) is 11.9 Å². The first-order chi connectivity index (χ1) is 16.1. The molecule has 12 nitrogen and oxygen atoms in total. The van der Waals surface area contributed by atoms with Crippen LogP contribution in [0.1, 0.15) is 17.2 Å². The molecule has 0 amide bonds. The van der Waals surface area contributed by atoms with Crippen molar-refractivity contribution in [3.05, 3.63) is 41.2 Å². The lowest BCUT2D eigenvalue weighted by Crippen LogP contribution is -2.59. The van der Waals surface area contributed by atoms with Gasteiger partial charge in [0.2, 0.25) is 12.0 Å². The van der Waals surface area contributed by atoms with Crippen molar-refractivity contribution in [2.75, 3.05) is 13.7 Å². The highest BCUT2D eigenvalue weighted by Gasteiger charge is 2.46. The lowest BCUT2D eigenvalue weighted by Gasteiger charge is -2.40. The average molecular weight is 481 g/mol. The SMILES string of the molecule is COc1c(O)cc(C2[OH+]c3cc(O)cc(O)c3C=C2O[C@@H]2O[C@H](CO)[C@@H](O)[C@H](O)[C@H]2O)cc1O. The van der Waals surface area contributed by atoms with E-state index in [0.29, 0.717) is 0 Å². The Morgan fingerprint density at radius 2 is 1.59 bits per heavy atom. The fraction of sp³-hybridized carbons (Fsp3) is 0.364. The number of fused-ring (bicyclic) bond motifs is 1. The minimum absolute atomic E-state index is 0.0400. The van der Waals surface area contributed by atoms with Gasteiger partial charge in [-0.05, 0) is 12.1 Å². The van der Waals surface area contributed by atoms with Crippen molar-refractivity contribution in [1.29, 1.82) is 0 Å². The van der Waals surface area contributed by atoms with E-state index in [1.807, 2.05) is 0 Å². The molecule has 2 aliphatic heterocycles. The minimum Gasteiger partial charge on any atom is -0.571 e. The van der Waals surface area contributed by atoms with E-state index < -0.39 is 54.9 Å². The molecule has 2 aromatic carbocycles. The zero-order chi connectivity index (χ0) is 24.7. The Kier molecular flexibility index (Phi) is 6.34. The van der Waals surface area contributed by atoms with E-state index in [9.17, 15) is 40.9 Å². The Labute approximate surface area is 192 Å². The van der Waals surface area contributed by atoms with Crippen molar-refractivity contribution in [2.45, 2.75) is 36.8 Å². The Morgan fingerprint density at radius 1 is 0.912 bits per heavy atom. The second-order valence-electron chi connectivity index (χ2n) is 7.88. The van der Waals surface area contributed by atoms with Crippen LogP contribution >= 0.6 is 0 Å². The fourth-order valence-corrected chi connectivity index (χ4v) is 3.91. The zero-order valence-corrected chi connectivity index (χ0v) is 17.8. The van der Waals surface area contributed by atoms with Crippen LogP contribution < -0.4 is 4.74 Å². The number of aliphatic hydroxyl groups is 5. The van der Waals surface area contributed by atoms with Gasteiger partial charge in [0.05, 0.1) is 25.3 Å². The summed E-state index contributed by atoms with van der Waals surface area (Å²) in [5.41, 5.74) is 0.371. The van der Waals surface area contributed by atoms with Crippen LogP contribution in [-0.2, 0) is 9.47 Å². The third-order valence-electron chi connectivity index (χ3n) is 5.64. The van der Waals surface area contributed by atoms with Crippen LogP contribution in [0.4, 0.5) is 0 Å². The number of hydrogen-bond acceptors (Lipinski definition) is 11. The van der Waals surface area contributed by atoms with E-state index >= 15 is 0 Å². The van der Waals surface area contributed by atoms with Crippen LogP contribution in [0.3, 0.4) is 0 Å². The van der Waals surface area contributed by atoms with Gasteiger partial charge < -0.3 is 59.8 Å². The number of rotatable bonds is 5. The van der Waals surface area contributed by atoms with Crippen molar-refractivity contribution in [3.8, 4) is 34.5 Å². The first-order valence-electron chi connectivity index (χ1n) is 10.2. The molecular formula is C22H25O12+. The van der Waals surface area contributed by atoms with E-state index in [4.69, 9.17) is 14.2 Å². The first-order valence-corrected chi connectivity index (χ1v) is 10.2. The first kappa shape index (κ1) is 23.7. The summed E-state index contributed by atoms with van der Waals surface area (Å²) in [5.74, 6) is -1.43. The standard InChI is InChI=1S/C22H24O12/c1-31-21-12(26)2-8(3-13(21)27)20-15(6-10-11(25)4-9(24)5-14(10)32-20)33-22-19(30)18(29)17(28)16(7-23)34-22/h2-6,16-20,22-30H,7H2,1H3/p+1/t16-,17-,18+,19-,20?,22-/m1/s1. The molecular weight excluding hydrogens is 456 g/mol. The molecule has 1 fully saturated rings. The number of aliphatic hydroxyl groups excluding tert-OH is 4. The molecule has 12 heteroatoms. The molecule has 2 aliphatic rings. The maximum Gasteiger partial charge on any atom is 0.270 e. The fourth-order valence-electron chi connectivity index (χ4n) is 3.91. The highest BCUT2D eigenvalue weighted by atomic mass is 16.7. The number of ether oxygens (including phenoxy) is 4. The van der Waals surface area contributed by atoms with Crippen molar-refractivity contribution < 1.29 is 59.8 Å². The van der Waals surface area contributed by atoms with Gasteiger partial charge in [-0.1, -0.05) is 0 Å². The number of benzene rings is 2. The Balaban J connectivity index is 1.77. The predicted molar refractivity (Wildman–Crippen MR) is 113 cm³/mol. The highest BCUT2D eigenvalue weighted by molar-refractivity contribution is 5.69. The minimum atomic E-state index is -1.72. The molecule has 1 unspecified atom stereocenters. The van der Waals surface area contributed by atoms with E-state index in [0.717, 1.165) is 6.07 Å². The molecule has 184 valence electrons. The van der Waals surface area contributed by atoms with Gasteiger partial charge in [-0.15, -0.1) is 0 Å². The van der Waals surface area contributed by atoms with Crippen LogP contribution in [0.2, 0.25) is 0 Å². The monoisotopic (exact) mass is 481 g/mol. The Hall–Kier alpha value is -3.42. The van der Waals surface area contributed by atoms with E-state index in [2.05, 4.69) is 4.74 Å². The van der Waals surface area contributed by atoms with Gasteiger partial charge in [-0.3, -0.25) is 0 Å². The molecule has 6 atom stereocenters. The summed E-state index contributed by atoms with van der Waals surface area (Å²) in [5, 5.41) is 80.5. The predicted octanol–water partition coefficient (Wildman–Crippen LogP) is -0.329. The lowest BCUT2D eigenvalue weighted by atomic mass is 9.98. The van der Waals surface area contributed by atoms with Crippen LogP contribution in [0.25, 0.3) is 6.08 Å². The molecule has 0 aliphatic carbocycles. The zero-order valence-electron chi connectivity index (χ0n) is 17.8. The number of phenols is 4. The largest absolute Gasteiger partial charge is 0.571 e. The van der Waals surface area contributed by atoms with Crippen molar-refractivity contribution in [1.82, 2.24) is 0 Å². The maximum absolute atomic E-state index is 10.4. The van der Waals surface area contributed by atoms with Gasteiger partial charge in [-0.2, -0.15) is 0 Å². The van der Waals surface area contributed by atoms with Gasteiger partial charge in [-0.25, -0.2) is 0 Å². The maximum atomic E-state index is 10.4. The van der Waals surface area contributed by atoms with Crippen LogP contribution in [-0.4, -0.2) is 90.0 Å². The molecule has 2 aromatic rings. The number of phenolic OH excluding ortho intramolecular Hbond substituents is 4. The third-order valence-corrected chi connectivity index (χ3v) is 5.64. The van der Waals surface area contributed by atoms with E-state index in [-0.39, 0.29) is 39.9 Å². The normalized spacial score (nSPS) is 28.4. The molecule has 9 N–H and O–H groups in total. The Morgan fingerprint density at radius 3 is 2.21 bits per heavy atom. The van der Waals surface area contributed by atoms with Crippen molar-refractivity contribution in [2.24, 2.45) is 0 Å². The van der Waals surface area contributed by atoms with Crippen molar-refractivity contribution in [3.63, 3.8) is 0 Å². The van der Waals surface area contributed by atoms with Crippen LogP contribution in [0.15, 0.2) is 30.0 Å². The molecule has 0 saturated carbocycles. The van der Waals surface area contributed by atoms with Gasteiger partial charge >= 0.3 is 0 Å². The van der Waals surface area contributed by atoms with E-state index in [1.54, 1.807) is 0 Å². The lowest BCUT2D eigenvalue weighted by molar-refractivity contribution is -0.295. The van der Waals surface area contributed by atoms with Gasteiger partial charge in [0.15, 0.2) is 17.3 Å². The quantitative estimate of drug-likeness (QED) is 0.260. The molecule has 0 bridgehead atoms. The summed E-state index contributed by atoms with van der Waals surface area (Å²) in [7, 11) is 1.26. The number of aromatic hydroxyl groups is 5. The van der Waals surface area contributed by atoms with Crippen LogP contribution in [0.5, 0.6) is 34.5 Å². The molecule has 1 saturated heterocycles. The van der Waals surface area contributed by atoms with Crippen molar-refractivity contribution >= 4 is 6.08 Å². The summed E-state index contributed by atoms with van der Waals surface area (Å²) >= 11 is 0. The number of methoxy groups -OCH3 is 1. The smallest absolute Gasteiger partial charge is 0.270 e. The molecule has 0 spiro atoms. The summed E-state index contributed by atoms with van der Waals surface area (Å²) < 4.78 is 20.6. The molecule has 4 rings (SSSR count). The molecule has 0 aromatic heterocycles.